The van der Waals surface area contributed by atoms with Crippen LogP contribution in [0.2, 0.25) is 0 Å². The van der Waals surface area contributed by atoms with E-state index in [-0.39, 0.29) is 17.0 Å². The molecule has 0 unspecified atom stereocenters. The van der Waals surface area contributed by atoms with Crippen LogP contribution in [0.5, 0.6) is 0 Å². The van der Waals surface area contributed by atoms with E-state index in [1.165, 1.54) is 17.8 Å². The van der Waals surface area contributed by atoms with Crippen molar-refractivity contribution in [2.75, 3.05) is 0 Å². The quantitative estimate of drug-likeness (QED) is 0.0713. The molecule has 0 saturated heterocycles. The number of nitrogens with zero attached hydrogens (tertiary/aromatic N) is 1. The molecule has 0 bridgehead atoms. The Morgan fingerprint density at radius 1 is 0.595 bits per heavy atom. The van der Waals surface area contributed by atoms with Gasteiger partial charge < -0.3 is 0 Å². The standard InChI is InChI=1S/C32H23NO3S/c34-31(24-13-5-1-6-14-24)25-21-22-30(29(23-25)33(35)36)37-32(26-15-7-2-8-16-26,27-17-9-3-10-18-27)28-19-11-4-12-20-28/h1-23H. The fourth-order valence-corrected chi connectivity index (χ4v) is 5.97. The molecule has 0 aliphatic carbocycles. The summed E-state index contributed by atoms with van der Waals surface area (Å²) in [5.41, 5.74) is 3.67. The van der Waals surface area contributed by atoms with Crippen LogP contribution in [0.1, 0.15) is 32.6 Å². The van der Waals surface area contributed by atoms with Gasteiger partial charge in [-0.3, -0.25) is 14.9 Å². The molecule has 0 aromatic heterocycles. The first-order chi connectivity index (χ1) is 18.1. The van der Waals surface area contributed by atoms with Crippen molar-refractivity contribution < 1.29 is 9.72 Å². The lowest BCUT2D eigenvalue weighted by Crippen LogP contribution is -2.25. The molecule has 0 amide bonds. The predicted molar refractivity (Wildman–Crippen MR) is 148 cm³/mol. The third-order valence-corrected chi connectivity index (χ3v) is 7.84. The maximum Gasteiger partial charge on any atom is 0.283 e. The third kappa shape index (κ3) is 4.82. The van der Waals surface area contributed by atoms with E-state index < -0.39 is 9.67 Å². The molecule has 4 nitrogen and oxygen atoms in total. The van der Waals surface area contributed by atoms with Gasteiger partial charge in [0.15, 0.2) is 5.78 Å². The number of rotatable bonds is 8. The Morgan fingerprint density at radius 2 is 1.03 bits per heavy atom. The summed E-state index contributed by atoms with van der Waals surface area (Å²) in [6, 6.07) is 43.6. The van der Waals surface area contributed by atoms with Gasteiger partial charge in [-0.1, -0.05) is 133 Å². The molecule has 0 atom stereocenters. The Hall–Kier alpha value is -4.48. The van der Waals surface area contributed by atoms with E-state index in [4.69, 9.17) is 0 Å². The van der Waals surface area contributed by atoms with Gasteiger partial charge in [0.05, 0.1) is 14.6 Å². The van der Waals surface area contributed by atoms with E-state index in [2.05, 4.69) is 0 Å². The van der Waals surface area contributed by atoms with Crippen LogP contribution in [-0.4, -0.2) is 10.7 Å². The van der Waals surface area contributed by atoms with Crippen LogP contribution < -0.4 is 0 Å². The molecule has 0 aliphatic rings. The van der Waals surface area contributed by atoms with E-state index in [9.17, 15) is 14.9 Å². The topological polar surface area (TPSA) is 60.2 Å². The fourth-order valence-electron chi connectivity index (χ4n) is 4.50. The summed E-state index contributed by atoms with van der Waals surface area (Å²) in [5.74, 6) is -0.249. The van der Waals surface area contributed by atoms with Crippen molar-refractivity contribution in [1.82, 2.24) is 0 Å². The molecule has 5 rings (SSSR count). The molecular formula is C32H23NO3S. The molecule has 0 radical (unpaired) electrons. The van der Waals surface area contributed by atoms with Crippen LogP contribution in [-0.2, 0) is 4.75 Å². The lowest BCUT2D eigenvalue weighted by Gasteiger charge is -2.35. The minimum atomic E-state index is -0.764. The Labute approximate surface area is 219 Å². The van der Waals surface area contributed by atoms with Crippen molar-refractivity contribution >= 4 is 23.2 Å². The highest BCUT2D eigenvalue weighted by molar-refractivity contribution is 8.00. The number of hydrogen-bond donors (Lipinski definition) is 0. The molecule has 5 aromatic rings. The van der Waals surface area contributed by atoms with Gasteiger partial charge in [0, 0.05) is 17.2 Å². The van der Waals surface area contributed by atoms with E-state index in [0.29, 0.717) is 10.5 Å². The minimum absolute atomic E-state index is 0.0982. The Bertz CT molecular complexity index is 1430. The van der Waals surface area contributed by atoms with Gasteiger partial charge in [0.25, 0.3) is 5.69 Å². The maximum atomic E-state index is 13.1. The van der Waals surface area contributed by atoms with Crippen molar-refractivity contribution in [1.29, 1.82) is 0 Å². The van der Waals surface area contributed by atoms with Crippen molar-refractivity contribution in [3.05, 3.63) is 177 Å². The summed E-state index contributed by atoms with van der Waals surface area (Å²) in [7, 11) is 0. The van der Waals surface area contributed by atoms with E-state index in [0.717, 1.165) is 16.7 Å². The minimum Gasteiger partial charge on any atom is -0.289 e. The zero-order chi connectivity index (χ0) is 25.7. The van der Waals surface area contributed by atoms with Gasteiger partial charge in [0.1, 0.15) is 0 Å². The van der Waals surface area contributed by atoms with E-state index in [1.54, 1.807) is 36.4 Å². The van der Waals surface area contributed by atoms with Crippen molar-refractivity contribution in [2.45, 2.75) is 9.64 Å². The molecular weight excluding hydrogens is 478 g/mol. The Morgan fingerprint density at radius 3 is 1.46 bits per heavy atom. The molecule has 5 aromatic carbocycles. The predicted octanol–water partition coefficient (Wildman–Crippen LogP) is 7.91. The zero-order valence-corrected chi connectivity index (χ0v) is 20.7. The van der Waals surface area contributed by atoms with Gasteiger partial charge >= 0.3 is 0 Å². The number of ketones is 1. The summed E-state index contributed by atoms with van der Waals surface area (Å²) in [5, 5.41) is 12.3. The molecule has 180 valence electrons. The number of carbonyl (C=O) groups is 1. The van der Waals surface area contributed by atoms with Crippen molar-refractivity contribution in [2.24, 2.45) is 0 Å². The first-order valence-corrected chi connectivity index (χ1v) is 12.6. The average molecular weight is 502 g/mol. The second-order valence-corrected chi connectivity index (χ2v) is 9.77. The smallest absolute Gasteiger partial charge is 0.283 e. The van der Waals surface area contributed by atoms with Crippen LogP contribution in [0, 0.1) is 10.1 Å². The molecule has 0 saturated carbocycles. The SMILES string of the molecule is O=C(c1ccccc1)c1ccc(SC(c2ccccc2)(c2ccccc2)c2ccccc2)c([N+](=O)[O-])c1. The fraction of sp³-hybridized carbons (Fsp3) is 0.0312. The number of carbonyl (C=O) groups excluding carboxylic acids is 1. The molecule has 0 spiro atoms. The Kier molecular flexibility index (Phi) is 6.97. The lowest BCUT2D eigenvalue weighted by atomic mass is 9.84. The summed E-state index contributed by atoms with van der Waals surface area (Å²) in [6.07, 6.45) is 0. The monoisotopic (exact) mass is 501 g/mol. The van der Waals surface area contributed by atoms with Crippen molar-refractivity contribution in [3.63, 3.8) is 0 Å². The summed E-state index contributed by atoms with van der Waals surface area (Å²) in [6.45, 7) is 0. The zero-order valence-electron chi connectivity index (χ0n) is 19.9. The van der Waals surface area contributed by atoms with Crippen molar-refractivity contribution in [3.8, 4) is 0 Å². The van der Waals surface area contributed by atoms with E-state index in [1.807, 2.05) is 97.1 Å². The first-order valence-electron chi connectivity index (χ1n) is 11.8. The second kappa shape index (κ2) is 10.6. The summed E-state index contributed by atoms with van der Waals surface area (Å²) >= 11 is 1.41. The maximum absolute atomic E-state index is 13.1. The first kappa shape index (κ1) is 24.2. The van der Waals surface area contributed by atoms with Gasteiger partial charge in [-0.05, 0) is 28.8 Å². The molecule has 5 heteroatoms. The molecule has 0 N–H and O–H groups in total. The van der Waals surface area contributed by atoms with Crippen LogP contribution >= 0.6 is 11.8 Å². The van der Waals surface area contributed by atoms with Gasteiger partial charge in [-0.2, -0.15) is 0 Å². The number of thioether (sulfide) groups is 1. The molecule has 0 aliphatic heterocycles. The lowest BCUT2D eigenvalue weighted by molar-refractivity contribution is -0.387. The number of nitro groups is 1. The highest BCUT2D eigenvalue weighted by atomic mass is 32.2. The van der Waals surface area contributed by atoms with Crippen LogP contribution in [0.15, 0.2) is 144 Å². The van der Waals surface area contributed by atoms with Crippen LogP contribution in [0.3, 0.4) is 0 Å². The largest absolute Gasteiger partial charge is 0.289 e. The Balaban J connectivity index is 1.70. The third-order valence-electron chi connectivity index (χ3n) is 6.26. The molecule has 0 heterocycles. The second-order valence-electron chi connectivity index (χ2n) is 8.52. The van der Waals surface area contributed by atoms with Gasteiger partial charge in [-0.15, -0.1) is 0 Å². The molecule has 0 fully saturated rings. The average Bonchev–Trinajstić information content (AvgIpc) is 2.97. The van der Waals surface area contributed by atoms with Crippen LogP contribution in [0.4, 0.5) is 5.69 Å². The highest BCUT2D eigenvalue weighted by Crippen LogP contribution is 2.53. The number of hydrogen-bond acceptors (Lipinski definition) is 4. The summed E-state index contributed by atoms with van der Waals surface area (Å²) < 4.78 is -0.764. The van der Waals surface area contributed by atoms with E-state index >= 15 is 0 Å². The highest BCUT2D eigenvalue weighted by Gasteiger charge is 2.39. The normalized spacial score (nSPS) is 11.1. The number of benzene rings is 5. The summed E-state index contributed by atoms with van der Waals surface area (Å²) in [4.78, 5) is 25.4. The van der Waals surface area contributed by atoms with Crippen LogP contribution in [0.25, 0.3) is 0 Å². The van der Waals surface area contributed by atoms with Gasteiger partial charge in [0.2, 0.25) is 0 Å². The van der Waals surface area contributed by atoms with Gasteiger partial charge in [-0.25, -0.2) is 0 Å². The molecule has 37 heavy (non-hydrogen) atoms. The number of nitro benzene ring substituents is 1.